The van der Waals surface area contributed by atoms with E-state index in [1.807, 2.05) is 0 Å². The minimum Gasteiger partial charge on any atom is -0.477 e. The Bertz CT molecular complexity index is 475. The average molecular weight is 282 g/mol. The Morgan fingerprint density at radius 2 is 2.20 bits per heavy atom. The molecule has 1 unspecified atom stereocenters. The van der Waals surface area contributed by atoms with Gasteiger partial charge in [0.15, 0.2) is 17.7 Å². The van der Waals surface area contributed by atoms with Crippen LogP contribution in [0.5, 0.6) is 5.75 Å². The molecule has 1 fully saturated rings. The van der Waals surface area contributed by atoms with Crippen molar-refractivity contribution < 1.29 is 18.7 Å². The first-order valence-corrected chi connectivity index (χ1v) is 6.64. The Balaban J connectivity index is 2.07. The summed E-state index contributed by atoms with van der Waals surface area (Å²) in [6.45, 7) is 3.88. The third-order valence-corrected chi connectivity index (χ3v) is 3.23. The van der Waals surface area contributed by atoms with Crippen LogP contribution in [0.4, 0.5) is 4.39 Å². The number of halogens is 1. The fraction of sp³-hybridized carbons (Fsp3) is 0.500. The van der Waals surface area contributed by atoms with Crippen LogP contribution in [0, 0.1) is 5.82 Å². The summed E-state index contributed by atoms with van der Waals surface area (Å²) >= 11 is 0. The maximum atomic E-state index is 13.8. The molecule has 1 saturated heterocycles. The number of nitrogens with zero attached hydrogens (tertiary/aromatic N) is 1. The van der Waals surface area contributed by atoms with Crippen molar-refractivity contribution in [3.05, 3.63) is 29.6 Å². The summed E-state index contributed by atoms with van der Waals surface area (Å²) in [5.41, 5.74) is 6.10. The quantitative estimate of drug-likeness (QED) is 0.891. The van der Waals surface area contributed by atoms with Gasteiger partial charge in [-0.2, -0.15) is 0 Å². The molecule has 1 aromatic rings. The van der Waals surface area contributed by atoms with E-state index in [4.69, 9.17) is 15.2 Å². The van der Waals surface area contributed by atoms with Gasteiger partial charge in [0.2, 0.25) is 0 Å². The smallest absolute Gasteiger partial charge is 0.263 e. The van der Waals surface area contributed by atoms with Crippen molar-refractivity contribution in [1.82, 2.24) is 4.90 Å². The lowest BCUT2D eigenvalue weighted by Crippen LogP contribution is -2.46. The summed E-state index contributed by atoms with van der Waals surface area (Å²) in [5, 5.41) is 0. The summed E-state index contributed by atoms with van der Waals surface area (Å²) in [5.74, 6) is -0.613. The molecule has 1 amide bonds. The third-order valence-electron chi connectivity index (χ3n) is 3.23. The van der Waals surface area contributed by atoms with Gasteiger partial charge in [-0.25, -0.2) is 4.39 Å². The lowest BCUT2D eigenvalue weighted by atomic mass is 10.2. The molecule has 0 bridgehead atoms. The van der Waals surface area contributed by atoms with E-state index in [2.05, 4.69) is 0 Å². The highest BCUT2D eigenvalue weighted by Crippen LogP contribution is 2.23. The summed E-state index contributed by atoms with van der Waals surface area (Å²) in [4.78, 5) is 13.9. The molecule has 1 atom stereocenters. The Hall–Kier alpha value is -1.66. The molecule has 0 aromatic heterocycles. The van der Waals surface area contributed by atoms with Gasteiger partial charge in [-0.05, 0) is 13.0 Å². The zero-order valence-electron chi connectivity index (χ0n) is 11.5. The topological polar surface area (TPSA) is 64.8 Å². The van der Waals surface area contributed by atoms with Crippen LogP contribution in [-0.2, 0) is 16.1 Å². The Morgan fingerprint density at radius 3 is 2.85 bits per heavy atom. The van der Waals surface area contributed by atoms with Crippen molar-refractivity contribution in [3.8, 4) is 5.75 Å². The van der Waals surface area contributed by atoms with Crippen LogP contribution < -0.4 is 10.5 Å². The first-order chi connectivity index (χ1) is 9.63. The third kappa shape index (κ3) is 3.26. The zero-order chi connectivity index (χ0) is 14.5. The molecule has 20 heavy (non-hydrogen) atoms. The summed E-state index contributed by atoms with van der Waals surface area (Å²) in [7, 11) is 0. The standard InChI is InChI=1S/C14H19FN2O3/c1-10(14(18)17-5-7-19-8-6-17)20-13-11(9-16)3-2-4-12(13)15/h2-4,10H,5-9,16H2,1H3. The molecule has 0 aliphatic carbocycles. The van der Waals surface area contributed by atoms with Gasteiger partial charge in [-0.1, -0.05) is 12.1 Å². The van der Waals surface area contributed by atoms with E-state index in [1.165, 1.54) is 6.07 Å². The van der Waals surface area contributed by atoms with E-state index in [-0.39, 0.29) is 18.2 Å². The minimum atomic E-state index is -0.754. The van der Waals surface area contributed by atoms with E-state index in [0.29, 0.717) is 31.9 Å². The number of benzene rings is 1. The number of amides is 1. The molecule has 0 saturated carbocycles. The molecule has 1 heterocycles. The zero-order valence-corrected chi connectivity index (χ0v) is 11.5. The maximum Gasteiger partial charge on any atom is 0.263 e. The second-order valence-corrected chi connectivity index (χ2v) is 4.63. The van der Waals surface area contributed by atoms with Crippen LogP contribution in [0.1, 0.15) is 12.5 Å². The predicted molar refractivity (Wildman–Crippen MR) is 71.8 cm³/mol. The van der Waals surface area contributed by atoms with Gasteiger partial charge in [-0.15, -0.1) is 0 Å². The molecule has 1 aliphatic heterocycles. The van der Waals surface area contributed by atoms with E-state index >= 15 is 0 Å². The number of morpholine rings is 1. The first kappa shape index (κ1) is 14.7. The molecular weight excluding hydrogens is 263 g/mol. The highest BCUT2D eigenvalue weighted by molar-refractivity contribution is 5.81. The Kier molecular flexibility index (Phi) is 4.92. The maximum absolute atomic E-state index is 13.8. The van der Waals surface area contributed by atoms with Gasteiger partial charge in [0, 0.05) is 25.2 Å². The highest BCUT2D eigenvalue weighted by Gasteiger charge is 2.25. The number of rotatable bonds is 4. The molecule has 1 aliphatic rings. The number of para-hydroxylation sites is 1. The number of carbonyl (C=O) groups excluding carboxylic acids is 1. The van der Waals surface area contributed by atoms with E-state index in [1.54, 1.807) is 24.0 Å². The highest BCUT2D eigenvalue weighted by atomic mass is 19.1. The largest absolute Gasteiger partial charge is 0.477 e. The summed E-state index contributed by atoms with van der Waals surface area (Å²) < 4.78 is 24.5. The van der Waals surface area contributed by atoms with Crippen molar-refractivity contribution in [3.63, 3.8) is 0 Å². The summed E-state index contributed by atoms with van der Waals surface area (Å²) in [6.07, 6.45) is -0.754. The number of nitrogens with two attached hydrogens (primary N) is 1. The monoisotopic (exact) mass is 282 g/mol. The van der Waals surface area contributed by atoms with Crippen molar-refractivity contribution in [1.29, 1.82) is 0 Å². The minimum absolute atomic E-state index is 0.0594. The van der Waals surface area contributed by atoms with Gasteiger partial charge in [-0.3, -0.25) is 4.79 Å². The Morgan fingerprint density at radius 1 is 1.50 bits per heavy atom. The second kappa shape index (κ2) is 6.67. The van der Waals surface area contributed by atoms with E-state index in [9.17, 15) is 9.18 Å². The number of hydrogen-bond acceptors (Lipinski definition) is 4. The number of carbonyl (C=O) groups is 1. The average Bonchev–Trinajstić information content (AvgIpc) is 2.49. The van der Waals surface area contributed by atoms with E-state index in [0.717, 1.165) is 0 Å². The molecule has 0 spiro atoms. The van der Waals surface area contributed by atoms with Crippen LogP contribution in [0.15, 0.2) is 18.2 Å². The second-order valence-electron chi connectivity index (χ2n) is 4.63. The molecule has 5 nitrogen and oxygen atoms in total. The molecule has 2 N–H and O–H groups in total. The van der Waals surface area contributed by atoms with Gasteiger partial charge >= 0.3 is 0 Å². The van der Waals surface area contributed by atoms with Crippen LogP contribution in [0.3, 0.4) is 0 Å². The fourth-order valence-corrected chi connectivity index (χ4v) is 2.11. The van der Waals surface area contributed by atoms with Crippen molar-refractivity contribution >= 4 is 5.91 Å². The molecule has 110 valence electrons. The SMILES string of the molecule is CC(Oc1c(F)cccc1CN)C(=O)N1CCOCC1. The van der Waals surface area contributed by atoms with Crippen molar-refractivity contribution in [2.24, 2.45) is 5.73 Å². The van der Waals surface area contributed by atoms with Crippen LogP contribution in [-0.4, -0.2) is 43.2 Å². The lowest BCUT2D eigenvalue weighted by Gasteiger charge is -2.29. The summed E-state index contributed by atoms with van der Waals surface area (Å²) in [6, 6.07) is 4.55. The van der Waals surface area contributed by atoms with Crippen LogP contribution in [0.25, 0.3) is 0 Å². The van der Waals surface area contributed by atoms with E-state index < -0.39 is 11.9 Å². The van der Waals surface area contributed by atoms with Gasteiger partial charge in [0.25, 0.3) is 5.91 Å². The predicted octanol–water partition coefficient (Wildman–Crippen LogP) is 0.910. The molecular formula is C14H19FN2O3. The molecule has 0 radical (unpaired) electrons. The number of ether oxygens (including phenoxy) is 2. The normalized spacial score (nSPS) is 16.9. The Labute approximate surface area is 117 Å². The van der Waals surface area contributed by atoms with Gasteiger partial charge in [0.05, 0.1) is 13.2 Å². The molecule has 1 aromatic carbocycles. The first-order valence-electron chi connectivity index (χ1n) is 6.64. The number of hydrogen-bond donors (Lipinski definition) is 1. The fourth-order valence-electron chi connectivity index (χ4n) is 2.11. The van der Waals surface area contributed by atoms with Crippen LogP contribution >= 0.6 is 0 Å². The van der Waals surface area contributed by atoms with Crippen molar-refractivity contribution in [2.45, 2.75) is 19.6 Å². The van der Waals surface area contributed by atoms with Gasteiger partial charge < -0.3 is 20.1 Å². The molecule has 2 rings (SSSR count). The van der Waals surface area contributed by atoms with Crippen LogP contribution in [0.2, 0.25) is 0 Å². The molecule has 6 heteroatoms. The van der Waals surface area contributed by atoms with Gasteiger partial charge in [0.1, 0.15) is 0 Å². The lowest BCUT2D eigenvalue weighted by molar-refractivity contribution is -0.142. The van der Waals surface area contributed by atoms with Crippen molar-refractivity contribution in [2.75, 3.05) is 26.3 Å².